The Bertz CT molecular complexity index is 573. The van der Waals surface area contributed by atoms with Crippen LogP contribution in [-0.2, 0) is 0 Å². The maximum Gasteiger partial charge on any atom is 0.150 e. The van der Waals surface area contributed by atoms with Gasteiger partial charge in [-0.2, -0.15) is 0 Å². The minimum Gasteiger partial charge on any atom is -0.298 e. The Morgan fingerprint density at radius 3 is 2.35 bits per heavy atom. The molecular formula is C15H13FO. The normalized spacial score (nSPS) is 10.3. The van der Waals surface area contributed by atoms with Crippen molar-refractivity contribution in [3.8, 4) is 11.1 Å². The second-order valence-electron chi connectivity index (χ2n) is 4.15. The molecule has 2 rings (SSSR count). The summed E-state index contributed by atoms with van der Waals surface area (Å²) >= 11 is 0. The quantitative estimate of drug-likeness (QED) is 0.712. The van der Waals surface area contributed by atoms with E-state index in [0.29, 0.717) is 5.56 Å². The summed E-state index contributed by atoms with van der Waals surface area (Å²) in [6.45, 7) is 3.85. The van der Waals surface area contributed by atoms with E-state index in [4.69, 9.17) is 0 Å². The van der Waals surface area contributed by atoms with E-state index in [1.54, 1.807) is 12.1 Å². The highest BCUT2D eigenvalue weighted by Gasteiger charge is 2.07. The van der Waals surface area contributed by atoms with E-state index < -0.39 is 0 Å². The first kappa shape index (κ1) is 11.5. The summed E-state index contributed by atoms with van der Waals surface area (Å²) in [6.07, 6.45) is 0.821. The van der Waals surface area contributed by atoms with Gasteiger partial charge in [-0.05, 0) is 54.3 Å². The van der Waals surface area contributed by atoms with Crippen LogP contribution in [0.4, 0.5) is 4.39 Å². The maximum absolute atomic E-state index is 13.1. The van der Waals surface area contributed by atoms with Crippen molar-refractivity contribution in [1.82, 2.24) is 0 Å². The van der Waals surface area contributed by atoms with E-state index in [1.807, 2.05) is 26.0 Å². The molecule has 0 saturated heterocycles. The lowest BCUT2D eigenvalue weighted by atomic mass is 9.95. The third kappa shape index (κ3) is 2.26. The Kier molecular flexibility index (Phi) is 3.05. The molecule has 0 radical (unpaired) electrons. The smallest absolute Gasteiger partial charge is 0.150 e. The van der Waals surface area contributed by atoms with Crippen LogP contribution in [0.1, 0.15) is 21.5 Å². The molecule has 0 spiro atoms. The van der Waals surface area contributed by atoms with Gasteiger partial charge in [0.25, 0.3) is 0 Å². The number of hydrogen-bond donors (Lipinski definition) is 0. The van der Waals surface area contributed by atoms with E-state index >= 15 is 0 Å². The first-order valence-corrected chi connectivity index (χ1v) is 5.44. The predicted octanol–water partition coefficient (Wildman–Crippen LogP) is 3.92. The fourth-order valence-electron chi connectivity index (χ4n) is 1.93. The van der Waals surface area contributed by atoms with Gasteiger partial charge in [-0.25, -0.2) is 4.39 Å². The molecular weight excluding hydrogens is 215 g/mol. The van der Waals surface area contributed by atoms with Gasteiger partial charge < -0.3 is 0 Å². The highest BCUT2D eigenvalue weighted by Crippen LogP contribution is 2.27. The van der Waals surface area contributed by atoms with Gasteiger partial charge >= 0.3 is 0 Å². The Labute approximate surface area is 99.9 Å². The molecule has 0 aliphatic rings. The van der Waals surface area contributed by atoms with Crippen LogP contribution >= 0.6 is 0 Å². The topological polar surface area (TPSA) is 17.1 Å². The Hall–Kier alpha value is -1.96. The SMILES string of the molecule is Cc1cc(F)ccc1-c1cc(C=O)ccc1C. The third-order valence-corrected chi connectivity index (χ3v) is 2.88. The lowest BCUT2D eigenvalue weighted by molar-refractivity contribution is 0.112. The fourth-order valence-corrected chi connectivity index (χ4v) is 1.93. The minimum atomic E-state index is -0.240. The van der Waals surface area contributed by atoms with E-state index in [-0.39, 0.29) is 5.82 Å². The number of rotatable bonds is 2. The van der Waals surface area contributed by atoms with Gasteiger partial charge in [0, 0.05) is 5.56 Å². The molecule has 0 N–H and O–H groups in total. The molecule has 0 aliphatic heterocycles. The van der Waals surface area contributed by atoms with Gasteiger partial charge in [0.15, 0.2) is 0 Å². The summed E-state index contributed by atoms with van der Waals surface area (Å²) in [5, 5.41) is 0. The monoisotopic (exact) mass is 228 g/mol. The number of hydrogen-bond acceptors (Lipinski definition) is 1. The van der Waals surface area contributed by atoms with E-state index in [1.165, 1.54) is 12.1 Å². The van der Waals surface area contributed by atoms with Gasteiger partial charge in [0.2, 0.25) is 0 Å². The highest BCUT2D eigenvalue weighted by atomic mass is 19.1. The van der Waals surface area contributed by atoms with Crippen LogP contribution in [0.3, 0.4) is 0 Å². The summed E-state index contributed by atoms with van der Waals surface area (Å²) < 4.78 is 13.1. The van der Waals surface area contributed by atoms with Gasteiger partial charge in [-0.3, -0.25) is 4.79 Å². The Balaban J connectivity index is 2.63. The lowest BCUT2D eigenvalue weighted by Gasteiger charge is -2.10. The molecule has 0 bridgehead atoms. The van der Waals surface area contributed by atoms with Gasteiger partial charge in [0.1, 0.15) is 12.1 Å². The number of carbonyl (C=O) groups is 1. The molecule has 17 heavy (non-hydrogen) atoms. The second-order valence-corrected chi connectivity index (χ2v) is 4.15. The van der Waals surface area contributed by atoms with Crippen molar-refractivity contribution in [2.45, 2.75) is 13.8 Å². The average molecular weight is 228 g/mol. The molecule has 0 unspecified atom stereocenters. The molecule has 0 aromatic heterocycles. The largest absolute Gasteiger partial charge is 0.298 e. The van der Waals surface area contributed by atoms with Crippen LogP contribution in [0.25, 0.3) is 11.1 Å². The summed E-state index contributed by atoms with van der Waals surface area (Å²) in [4.78, 5) is 10.8. The third-order valence-electron chi connectivity index (χ3n) is 2.88. The number of aldehydes is 1. The zero-order valence-corrected chi connectivity index (χ0v) is 9.83. The second kappa shape index (κ2) is 4.50. The van der Waals surface area contributed by atoms with E-state index in [2.05, 4.69) is 0 Å². The van der Waals surface area contributed by atoms with Crippen LogP contribution in [0.15, 0.2) is 36.4 Å². The molecule has 0 fully saturated rings. The molecule has 2 aromatic carbocycles. The van der Waals surface area contributed by atoms with Crippen molar-refractivity contribution in [2.24, 2.45) is 0 Å². The molecule has 0 aliphatic carbocycles. The molecule has 0 atom stereocenters. The number of halogens is 1. The first-order chi connectivity index (χ1) is 8.11. The van der Waals surface area contributed by atoms with Gasteiger partial charge in [-0.15, -0.1) is 0 Å². The zero-order chi connectivity index (χ0) is 12.4. The van der Waals surface area contributed by atoms with Crippen molar-refractivity contribution < 1.29 is 9.18 Å². The predicted molar refractivity (Wildman–Crippen MR) is 66.7 cm³/mol. The molecule has 0 saturated carbocycles. The molecule has 1 nitrogen and oxygen atoms in total. The molecule has 2 heteroatoms. The number of benzene rings is 2. The van der Waals surface area contributed by atoms with Crippen LogP contribution in [0.5, 0.6) is 0 Å². The zero-order valence-electron chi connectivity index (χ0n) is 9.83. The fraction of sp³-hybridized carbons (Fsp3) is 0.133. The summed E-state index contributed by atoms with van der Waals surface area (Å²) in [6, 6.07) is 10.2. The standard InChI is InChI=1S/C15H13FO/c1-10-3-4-12(9-17)8-15(10)14-6-5-13(16)7-11(14)2/h3-9H,1-2H3. The van der Waals surface area contributed by atoms with Crippen molar-refractivity contribution in [3.05, 3.63) is 58.9 Å². The van der Waals surface area contributed by atoms with Gasteiger partial charge in [0.05, 0.1) is 0 Å². The van der Waals surface area contributed by atoms with Crippen LogP contribution in [0.2, 0.25) is 0 Å². The number of aryl methyl sites for hydroxylation is 2. The lowest BCUT2D eigenvalue weighted by Crippen LogP contribution is -1.90. The summed E-state index contributed by atoms with van der Waals surface area (Å²) in [5.74, 6) is -0.240. The van der Waals surface area contributed by atoms with Gasteiger partial charge in [-0.1, -0.05) is 18.2 Å². The van der Waals surface area contributed by atoms with E-state index in [0.717, 1.165) is 28.5 Å². The Morgan fingerprint density at radius 2 is 1.71 bits per heavy atom. The molecule has 2 aromatic rings. The maximum atomic E-state index is 13.1. The minimum absolute atomic E-state index is 0.240. The van der Waals surface area contributed by atoms with Crippen molar-refractivity contribution >= 4 is 6.29 Å². The Morgan fingerprint density at radius 1 is 0.941 bits per heavy atom. The van der Waals surface area contributed by atoms with Crippen molar-refractivity contribution in [3.63, 3.8) is 0 Å². The molecule has 0 amide bonds. The first-order valence-electron chi connectivity index (χ1n) is 5.44. The van der Waals surface area contributed by atoms with E-state index in [9.17, 15) is 9.18 Å². The number of carbonyl (C=O) groups excluding carboxylic acids is 1. The summed E-state index contributed by atoms with van der Waals surface area (Å²) in [5.41, 5.74) is 4.52. The van der Waals surface area contributed by atoms with Crippen molar-refractivity contribution in [1.29, 1.82) is 0 Å². The van der Waals surface area contributed by atoms with Crippen molar-refractivity contribution in [2.75, 3.05) is 0 Å². The molecule has 86 valence electrons. The molecule has 0 heterocycles. The highest BCUT2D eigenvalue weighted by molar-refractivity contribution is 5.81. The van der Waals surface area contributed by atoms with Crippen LogP contribution in [-0.4, -0.2) is 6.29 Å². The summed E-state index contributed by atoms with van der Waals surface area (Å²) in [7, 11) is 0. The van der Waals surface area contributed by atoms with Crippen LogP contribution in [0, 0.1) is 19.7 Å². The average Bonchev–Trinajstić information content (AvgIpc) is 2.30. The van der Waals surface area contributed by atoms with Crippen LogP contribution < -0.4 is 0 Å².